The second-order valence-electron chi connectivity index (χ2n) is 3.96. The van der Waals surface area contributed by atoms with Gasteiger partial charge < -0.3 is 0 Å². The molecule has 0 heteroatoms. The van der Waals surface area contributed by atoms with Gasteiger partial charge in [0, 0.05) is 0 Å². The molecular formula is C14H14. The summed E-state index contributed by atoms with van der Waals surface area (Å²) in [6.45, 7) is 2.14. The van der Waals surface area contributed by atoms with E-state index in [1.807, 2.05) is 6.07 Å². The molecule has 70 valence electrons. The maximum absolute atomic E-state index is 5.53. The van der Waals surface area contributed by atoms with E-state index in [4.69, 9.17) is 6.42 Å². The maximum Gasteiger partial charge on any atom is 0.0522 e. The molecule has 1 aromatic carbocycles. The molecule has 0 unspecified atom stereocenters. The average Bonchev–Trinajstić information content (AvgIpc) is 3.00. The molecule has 0 aromatic heterocycles. The molecule has 0 radical (unpaired) electrons. The van der Waals surface area contributed by atoms with Gasteiger partial charge in [0.15, 0.2) is 0 Å². The summed E-state index contributed by atoms with van der Waals surface area (Å²) in [5.41, 5.74) is 2.66. The van der Waals surface area contributed by atoms with E-state index in [9.17, 15) is 0 Å². The zero-order valence-electron chi connectivity index (χ0n) is 8.46. The van der Waals surface area contributed by atoms with Gasteiger partial charge in [-0.3, -0.25) is 0 Å². The van der Waals surface area contributed by atoms with Gasteiger partial charge in [0.1, 0.15) is 0 Å². The molecule has 0 spiro atoms. The molecule has 0 amide bonds. The molecule has 14 heavy (non-hydrogen) atoms. The molecular weight excluding hydrogens is 168 g/mol. The first-order chi connectivity index (χ1) is 6.77. The van der Waals surface area contributed by atoms with Crippen molar-refractivity contribution >= 4 is 6.08 Å². The topological polar surface area (TPSA) is 0 Å². The number of hydrogen-bond donors (Lipinski definition) is 0. The summed E-state index contributed by atoms with van der Waals surface area (Å²) < 4.78 is 0. The molecule has 1 fully saturated rings. The highest BCUT2D eigenvalue weighted by Gasteiger charge is 2.42. The van der Waals surface area contributed by atoms with Crippen LogP contribution in [0.25, 0.3) is 6.08 Å². The van der Waals surface area contributed by atoms with E-state index < -0.39 is 0 Å². The van der Waals surface area contributed by atoms with E-state index in [0.29, 0.717) is 0 Å². The van der Waals surface area contributed by atoms with Crippen LogP contribution in [0.4, 0.5) is 0 Å². The van der Waals surface area contributed by atoms with Crippen molar-refractivity contribution in [1.82, 2.24) is 0 Å². The first-order valence-electron chi connectivity index (χ1n) is 4.98. The van der Waals surface area contributed by atoms with Crippen molar-refractivity contribution in [3.05, 3.63) is 41.5 Å². The predicted octanol–water partition coefficient (Wildman–Crippen LogP) is 3.50. The van der Waals surface area contributed by atoms with Crippen LogP contribution in [-0.4, -0.2) is 0 Å². The predicted molar refractivity (Wildman–Crippen MR) is 60.6 cm³/mol. The summed E-state index contributed by atoms with van der Waals surface area (Å²) in [6, 6.07) is 10.3. The number of terminal acetylenes is 1. The van der Waals surface area contributed by atoms with Gasteiger partial charge in [0.25, 0.3) is 0 Å². The van der Waals surface area contributed by atoms with Crippen LogP contribution in [0.5, 0.6) is 0 Å². The van der Waals surface area contributed by atoms with Crippen molar-refractivity contribution < 1.29 is 0 Å². The number of benzene rings is 1. The van der Waals surface area contributed by atoms with Gasteiger partial charge in [0.05, 0.1) is 5.41 Å². The second kappa shape index (κ2) is 3.35. The van der Waals surface area contributed by atoms with E-state index in [2.05, 4.69) is 43.2 Å². The lowest BCUT2D eigenvalue weighted by Gasteiger charge is -2.07. The average molecular weight is 182 g/mol. The Balaban J connectivity index is 2.25. The van der Waals surface area contributed by atoms with E-state index in [0.717, 1.165) is 12.8 Å². The van der Waals surface area contributed by atoms with Crippen LogP contribution < -0.4 is 0 Å². The molecule has 0 atom stereocenters. The van der Waals surface area contributed by atoms with Crippen molar-refractivity contribution in [2.45, 2.75) is 19.8 Å². The Kier molecular flexibility index (Phi) is 2.17. The van der Waals surface area contributed by atoms with Crippen molar-refractivity contribution in [1.29, 1.82) is 0 Å². The van der Waals surface area contributed by atoms with Crippen molar-refractivity contribution in [3.63, 3.8) is 0 Å². The zero-order chi connectivity index (χ0) is 10.0. The Morgan fingerprint density at radius 1 is 1.36 bits per heavy atom. The Labute approximate surface area is 85.7 Å². The smallest absolute Gasteiger partial charge is 0.0522 e. The second-order valence-corrected chi connectivity index (χ2v) is 3.96. The zero-order valence-corrected chi connectivity index (χ0v) is 8.46. The van der Waals surface area contributed by atoms with Crippen molar-refractivity contribution in [2.75, 3.05) is 0 Å². The lowest BCUT2D eigenvalue weighted by Crippen LogP contribution is -1.96. The van der Waals surface area contributed by atoms with Gasteiger partial charge >= 0.3 is 0 Å². The van der Waals surface area contributed by atoms with E-state index in [-0.39, 0.29) is 5.41 Å². The molecule has 1 aliphatic rings. The summed E-state index contributed by atoms with van der Waals surface area (Å²) >= 11 is 0. The molecule has 1 aromatic rings. The molecule has 0 nitrogen and oxygen atoms in total. The van der Waals surface area contributed by atoms with Crippen molar-refractivity contribution in [3.8, 4) is 12.3 Å². The van der Waals surface area contributed by atoms with Gasteiger partial charge in [-0.1, -0.05) is 47.9 Å². The summed E-state index contributed by atoms with van der Waals surface area (Å²) in [7, 11) is 0. The molecule has 2 rings (SSSR count). The van der Waals surface area contributed by atoms with Gasteiger partial charge in [-0.25, -0.2) is 0 Å². The molecule has 0 heterocycles. The highest BCUT2D eigenvalue weighted by molar-refractivity contribution is 5.56. The van der Waals surface area contributed by atoms with E-state index in [1.54, 1.807) is 0 Å². The number of rotatable bonds is 2. The Bertz CT molecular complexity index is 386. The summed E-state index contributed by atoms with van der Waals surface area (Å²) in [5.74, 6) is 2.90. The van der Waals surface area contributed by atoms with Crippen LogP contribution in [-0.2, 0) is 0 Å². The van der Waals surface area contributed by atoms with Gasteiger partial charge in [-0.2, -0.15) is 0 Å². The van der Waals surface area contributed by atoms with Crippen LogP contribution in [0.2, 0.25) is 0 Å². The monoisotopic (exact) mass is 182 g/mol. The van der Waals surface area contributed by atoms with Crippen LogP contribution in [0.15, 0.2) is 35.9 Å². The molecule has 0 N–H and O–H groups in total. The molecule has 0 bridgehead atoms. The molecule has 0 saturated heterocycles. The SMILES string of the molecule is C#CC1(/C(C)=C/c2ccccc2)CC1. The minimum Gasteiger partial charge on any atom is -0.119 e. The fourth-order valence-electron chi connectivity index (χ4n) is 1.71. The molecule has 1 aliphatic carbocycles. The Morgan fingerprint density at radius 2 is 2.00 bits per heavy atom. The Morgan fingerprint density at radius 3 is 2.50 bits per heavy atom. The van der Waals surface area contributed by atoms with Gasteiger partial charge in [-0.05, 0) is 25.3 Å². The third kappa shape index (κ3) is 1.59. The lowest BCUT2D eigenvalue weighted by atomic mass is 9.96. The standard InChI is InChI=1S/C14H14/c1-3-14(9-10-14)12(2)11-13-7-5-4-6-8-13/h1,4-8,11H,9-10H2,2H3/b12-11+. The minimum absolute atomic E-state index is 0.0931. The van der Waals surface area contributed by atoms with E-state index >= 15 is 0 Å². The van der Waals surface area contributed by atoms with Gasteiger partial charge in [-0.15, -0.1) is 6.42 Å². The summed E-state index contributed by atoms with van der Waals surface area (Å²) in [4.78, 5) is 0. The van der Waals surface area contributed by atoms with Crippen LogP contribution in [0, 0.1) is 17.8 Å². The first-order valence-corrected chi connectivity index (χ1v) is 4.98. The number of hydrogen-bond acceptors (Lipinski definition) is 0. The largest absolute Gasteiger partial charge is 0.119 e. The number of allylic oxidation sites excluding steroid dienone is 1. The van der Waals surface area contributed by atoms with Gasteiger partial charge in [0.2, 0.25) is 0 Å². The summed E-state index contributed by atoms with van der Waals surface area (Å²) in [6.07, 6.45) is 10.0. The maximum atomic E-state index is 5.53. The van der Waals surface area contributed by atoms with Crippen LogP contribution >= 0.6 is 0 Å². The van der Waals surface area contributed by atoms with Crippen LogP contribution in [0.3, 0.4) is 0 Å². The summed E-state index contributed by atoms with van der Waals surface area (Å²) in [5, 5.41) is 0. The minimum atomic E-state index is 0.0931. The quantitative estimate of drug-likeness (QED) is 0.614. The highest BCUT2D eigenvalue weighted by atomic mass is 14.4. The van der Waals surface area contributed by atoms with E-state index in [1.165, 1.54) is 11.1 Å². The highest BCUT2D eigenvalue weighted by Crippen LogP contribution is 2.51. The first kappa shape index (κ1) is 9.09. The molecule has 0 aliphatic heterocycles. The van der Waals surface area contributed by atoms with Crippen LogP contribution in [0.1, 0.15) is 25.3 Å². The molecule has 1 saturated carbocycles. The fourth-order valence-corrected chi connectivity index (χ4v) is 1.71. The normalized spacial score (nSPS) is 18.7. The third-order valence-electron chi connectivity index (χ3n) is 2.96. The lowest BCUT2D eigenvalue weighted by molar-refractivity contribution is 0.828. The Hall–Kier alpha value is -1.48. The van der Waals surface area contributed by atoms with Crippen molar-refractivity contribution in [2.24, 2.45) is 5.41 Å². The fraction of sp³-hybridized carbons (Fsp3) is 0.286. The third-order valence-corrected chi connectivity index (χ3v) is 2.96.